The van der Waals surface area contributed by atoms with Gasteiger partial charge in [-0.2, -0.15) is 0 Å². The summed E-state index contributed by atoms with van der Waals surface area (Å²) in [5, 5.41) is 2.91. The number of benzene rings is 1. The molecule has 1 fully saturated rings. The predicted octanol–water partition coefficient (Wildman–Crippen LogP) is 1.97. The van der Waals surface area contributed by atoms with Gasteiger partial charge in [0.25, 0.3) is 0 Å². The molecule has 2 aliphatic rings. The Morgan fingerprint density at radius 1 is 1.11 bits per heavy atom. The minimum atomic E-state index is -0.175. The van der Waals surface area contributed by atoms with E-state index in [1.54, 1.807) is 11.1 Å². The Labute approximate surface area is 164 Å². The third-order valence-electron chi connectivity index (χ3n) is 5.33. The van der Waals surface area contributed by atoms with Gasteiger partial charge in [0, 0.05) is 44.8 Å². The molecule has 3 heterocycles. The van der Waals surface area contributed by atoms with Gasteiger partial charge < -0.3 is 15.1 Å². The first kappa shape index (κ1) is 18.4. The fourth-order valence-electron chi connectivity index (χ4n) is 3.91. The summed E-state index contributed by atoms with van der Waals surface area (Å²) >= 11 is 0. The SMILES string of the molecule is CC1CC(=O)Nc2ccccc2N1C(=O)CN1CCN(c2ccccn2)CC1. The van der Waals surface area contributed by atoms with Gasteiger partial charge in [0.1, 0.15) is 5.82 Å². The number of nitrogens with one attached hydrogen (secondary N) is 1. The molecule has 0 spiro atoms. The van der Waals surface area contributed by atoms with Gasteiger partial charge in [-0.25, -0.2) is 4.98 Å². The van der Waals surface area contributed by atoms with Crippen LogP contribution in [0.15, 0.2) is 48.7 Å². The maximum absolute atomic E-state index is 13.2. The highest BCUT2D eigenvalue weighted by Crippen LogP contribution is 2.31. The van der Waals surface area contributed by atoms with E-state index in [-0.39, 0.29) is 17.9 Å². The lowest BCUT2D eigenvalue weighted by atomic mass is 10.1. The maximum Gasteiger partial charge on any atom is 0.241 e. The largest absolute Gasteiger partial charge is 0.354 e. The number of anilines is 3. The van der Waals surface area contributed by atoms with E-state index in [0.717, 1.165) is 37.7 Å². The number of rotatable bonds is 3. The highest BCUT2D eigenvalue weighted by molar-refractivity contribution is 6.04. The number of carbonyl (C=O) groups is 2. The molecule has 1 saturated heterocycles. The van der Waals surface area contributed by atoms with Crippen LogP contribution in [-0.4, -0.2) is 60.5 Å². The van der Waals surface area contributed by atoms with Crippen molar-refractivity contribution in [2.75, 3.05) is 47.8 Å². The topological polar surface area (TPSA) is 68.8 Å². The summed E-state index contributed by atoms with van der Waals surface area (Å²) in [5.41, 5.74) is 1.48. The number of nitrogens with zero attached hydrogens (tertiary/aromatic N) is 4. The molecule has 1 unspecified atom stereocenters. The zero-order valence-electron chi connectivity index (χ0n) is 16.0. The number of fused-ring (bicyclic) bond motifs is 1. The maximum atomic E-state index is 13.2. The van der Waals surface area contributed by atoms with Crippen molar-refractivity contribution in [2.24, 2.45) is 0 Å². The van der Waals surface area contributed by atoms with E-state index in [4.69, 9.17) is 0 Å². The van der Waals surface area contributed by atoms with Crippen molar-refractivity contribution in [3.63, 3.8) is 0 Å². The van der Waals surface area contributed by atoms with Crippen LogP contribution in [0.4, 0.5) is 17.2 Å². The molecular formula is C21H25N5O2. The van der Waals surface area contributed by atoms with Crippen molar-refractivity contribution in [1.82, 2.24) is 9.88 Å². The van der Waals surface area contributed by atoms with Gasteiger partial charge in [-0.1, -0.05) is 18.2 Å². The number of para-hydroxylation sites is 2. The normalized spacial score (nSPS) is 20.3. The van der Waals surface area contributed by atoms with E-state index in [1.807, 2.05) is 49.4 Å². The summed E-state index contributed by atoms with van der Waals surface area (Å²) in [6.45, 7) is 5.58. The Morgan fingerprint density at radius 3 is 2.61 bits per heavy atom. The van der Waals surface area contributed by atoms with E-state index >= 15 is 0 Å². The van der Waals surface area contributed by atoms with Crippen LogP contribution < -0.4 is 15.1 Å². The molecule has 0 aliphatic carbocycles. The lowest BCUT2D eigenvalue weighted by Gasteiger charge is -2.36. The number of hydrogen-bond donors (Lipinski definition) is 1. The average Bonchev–Trinajstić information content (AvgIpc) is 2.83. The molecule has 1 N–H and O–H groups in total. The molecule has 7 heteroatoms. The minimum absolute atomic E-state index is 0.0303. The van der Waals surface area contributed by atoms with Gasteiger partial charge in [-0.15, -0.1) is 0 Å². The Hall–Kier alpha value is -2.93. The van der Waals surface area contributed by atoms with Crippen molar-refractivity contribution in [3.8, 4) is 0 Å². The van der Waals surface area contributed by atoms with Crippen LogP contribution in [0.2, 0.25) is 0 Å². The molecule has 4 rings (SSSR count). The van der Waals surface area contributed by atoms with E-state index in [2.05, 4.69) is 20.1 Å². The van der Waals surface area contributed by atoms with Crippen LogP contribution in [0.25, 0.3) is 0 Å². The zero-order valence-corrected chi connectivity index (χ0v) is 16.0. The summed E-state index contributed by atoms with van der Waals surface area (Å²) in [7, 11) is 0. The number of hydrogen-bond acceptors (Lipinski definition) is 5. The van der Waals surface area contributed by atoms with Gasteiger partial charge in [0.05, 0.1) is 17.9 Å². The van der Waals surface area contributed by atoms with Crippen molar-refractivity contribution in [1.29, 1.82) is 0 Å². The van der Waals surface area contributed by atoms with E-state index < -0.39 is 0 Å². The Kier molecular flexibility index (Phi) is 5.25. The lowest BCUT2D eigenvalue weighted by Crippen LogP contribution is -2.51. The fraction of sp³-hybridized carbons (Fsp3) is 0.381. The summed E-state index contributed by atoms with van der Waals surface area (Å²) in [4.78, 5) is 35.9. The van der Waals surface area contributed by atoms with Crippen LogP contribution in [0.5, 0.6) is 0 Å². The van der Waals surface area contributed by atoms with Gasteiger partial charge >= 0.3 is 0 Å². The van der Waals surface area contributed by atoms with E-state index in [9.17, 15) is 9.59 Å². The van der Waals surface area contributed by atoms with E-state index in [1.165, 1.54) is 0 Å². The molecule has 0 bridgehead atoms. The summed E-state index contributed by atoms with van der Waals surface area (Å²) in [6, 6.07) is 13.3. The van der Waals surface area contributed by atoms with Crippen molar-refractivity contribution < 1.29 is 9.59 Å². The number of carbonyl (C=O) groups excluding carboxylic acids is 2. The van der Waals surface area contributed by atoms with Crippen LogP contribution in [0, 0.1) is 0 Å². The number of aromatic nitrogens is 1. The highest BCUT2D eigenvalue weighted by Gasteiger charge is 2.31. The molecule has 1 aromatic heterocycles. The second-order valence-electron chi connectivity index (χ2n) is 7.33. The number of pyridine rings is 1. The molecule has 2 aromatic rings. The second-order valence-corrected chi connectivity index (χ2v) is 7.33. The summed E-state index contributed by atoms with van der Waals surface area (Å²) in [5.74, 6) is 0.954. The Balaban J connectivity index is 1.43. The van der Waals surface area contributed by atoms with Crippen molar-refractivity contribution >= 4 is 29.0 Å². The monoisotopic (exact) mass is 379 g/mol. The summed E-state index contributed by atoms with van der Waals surface area (Å²) in [6.07, 6.45) is 2.10. The molecule has 2 amide bonds. The zero-order chi connectivity index (χ0) is 19.5. The van der Waals surface area contributed by atoms with Crippen LogP contribution in [0.1, 0.15) is 13.3 Å². The predicted molar refractivity (Wildman–Crippen MR) is 110 cm³/mol. The molecule has 1 aromatic carbocycles. The first-order valence-electron chi connectivity index (χ1n) is 9.71. The Bertz CT molecular complexity index is 849. The molecule has 7 nitrogen and oxygen atoms in total. The molecule has 0 radical (unpaired) electrons. The first-order chi connectivity index (χ1) is 13.6. The average molecular weight is 379 g/mol. The molecular weight excluding hydrogens is 354 g/mol. The van der Waals surface area contributed by atoms with Gasteiger partial charge in [-0.3, -0.25) is 14.5 Å². The second kappa shape index (κ2) is 7.98. The van der Waals surface area contributed by atoms with Crippen LogP contribution in [-0.2, 0) is 9.59 Å². The summed E-state index contributed by atoms with van der Waals surface area (Å²) < 4.78 is 0. The standard InChI is InChI=1S/C21H25N5O2/c1-16-14-20(27)23-17-6-2-3-7-18(17)26(16)21(28)15-24-10-12-25(13-11-24)19-8-4-5-9-22-19/h2-9,16H,10-15H2,1H3,(H,23,27). The van der Waals surface area contributed by atoms with Crippen LogP contribution in [0.3, 0.4) is 0 Å². The van der Waals surface area contributed by atoms with Crippen molar-refractivity contribution in [2.45, 2.75) is 19.4 Å². The number of amides is 2. The number of piperazine rings is 1. The third-order valence-corrected chi connectivity index (χ3v) is 5.33. The molecule has 28 heavy (non-hydrogen) atoms. The minimum Gasteiger partial charge on any atom is -0.354 e. The molecule has 146 valence electrons. The van der Waals surface area contributed by atoms with Gasteiger partial charge in [0.15, 0.2) is 0 Å². The quantitative estimate of drug-likeness (QED) is 0.883. The van der Waals surface area contributed by atoms with E-state index in [0.29, 0.717) is 18.7 Å². The fourth-order valence-corrected chi connectivity index (χ4v) is 3.91. The third kappa shape index (κ3) is 3.84. The molecule has 2 aliphatic heterocycles. The Morgan fingerprint density at radius 2 is 1.86 bits per heavy atom. The first-order valence-corrected chi connectivity index (χ1v) is 9.71. The molecule has 0 saturated carbocycles. The van der Waals surface area contributed by atoms with Gasteiger partial charge in [0.2, 0.25) is 11.8 Å². The van der Waals surface area contributed by atoms with Crippen LogP contribution >= 0.6 is 0 Å². The lowest BCUT2D eigenvalue weighted by molar-refractivity contribution is -0.120. The smallest absolute Gasteiger partial charge is 0.241 e. The highest BCUT2D eigenvalue weighted by atomic mass is 16.2. The molecule has 1 atom stereocenters. The van der Waals surface area contributed by atoms with Gasteiger partial charge in [-0.05, 0) is 31.2 Å². The van der Waals surface area contributed by atoms with Crippen molar-refractivity contribution in [3.05, 3.63) is 48.7 Å².